The fourth-order valence-corrected chi connectivity index (χ4v) is 3.27. The van der Waals surface area contributed by atoms with Crippen LogP contribution in [0.3, 0.4) is 0 Å². The molecule has 3 aromatic rings. The molecule has 2 heterocycles. The van der Waals surface area contributed by atoms with Gasteiger partial charge in [-0.2, -0.15) is 13.2 Å². The van der Waals surface area contributed by atoms with Crippen molar-refractivity contribution >= 4 is 23.0 Å². The van der Waals surface area contributed by atoms with Crippen molar-refractivity contribution in [3.05, 3.63) is 65.5 Å². The Bertz CT molecular complexity index is 1040. The van der Waals surface area contributed by atoms with Gasteiger partial charge in [-0.1, -0.05) is 24.3 Å². The van der Waals surface area contributed by atoms with Crippen LogP contribution in [0.2, 0.25) is 0 Å². The van der Waals surface area contributed by atoms with Gasteiger partial charge in [-0.15, -0.1) is 0 Å². The molecule has 1 fully saturated rings. The standard InChI is InChI=1S/C21H17F3N2O4/c22-21(23,24)18(19-25-15-4-1-2-5-16(15)29-19)30-20(28)14-9-7-13(8-10-14)12-26-11-3-6-17(26)27/h1-2,4-5,7-10,18H,3,6,11-12H2/t18-/m1/s1. The highest BCUT2D eigenvalue weighted by atomic mass is 19.4. The summed E-state index contributed by atoms with van der Waals surface area (Å²) in [5.74, 6) is -1.82. The van der Waals surface area contributed by atoms with Crippen molar-refractivity contribution in [3.63, 3.8) is 0 Å². The molecular formula is C21H17F3N2O4. The maximum atomic E-state index is 13.5. The second-order valence-electron chi connectivity index (χ2n) is 6.96. The number of alkyl halides is 3. The van der Waals surface area contributed by atoms with E-state index in [0.717, 1.165) is 12.0 Å². The lowest BCUT2D eigenvalue weighted by Gasteiger charge is -2.18. The predicted octanol–water partition coefficient (Wildman–Crippen LogP) is 4.41. The quantitative estimate of drug-likeness (QED) is 0.574. The van der Waals surface area contributed by atoms with Gasteiger partial charge in [0.15, 0.2) is 5.58 Å². The number of hydrogen-bond donors (Lipinski definition) is 0. The molecule has 0 unspecified atom stereocenters. The van der Waals surface area contributed by atoms with E-state index in [1.54, 1.807) is 29.2 Å². The number of nitrogens with zero attached hydrogens (tertiary/aromatic N) is 2. The Labute approximate surface area is 169 Å². The van der Waals surface area contributed by atoms with E-state index < -0.39 is 24.1 Å². The highest BCUT2D eigenvalue weighted by molar-refractivity contribution is 5.89. The number of halogens is 3. The van der Waals surface area contributed by atoms with E-state index in [-0.39, 0.29) is 22.6 Å². The van der Waals surface area contributed by atoms with Crippen LogP contribution >= 0.6 is 0 Å². The summed E-state index contributed by atoms with van der Waals surface area (Å²) >= 11 is 0. The van der Waals surface area contributed by atoms with Crippen molar-refractivity contribution in [1.29, 1.82) is 0 Å². The molecule has 1 amide bonds. The molecular weight excluding hydrogens is 401 g/mol. The number of hydrogen-bond acceptors (Lipinski definition) is 5. The lowest BCUT2D eigenvalue weighted by Crippen LogP contribution is -2.26. The summed E-state index contributed by atoms with van der Waals surface area (Å²) < 4.78 is 50.4. The van der Waals surface area contributed by atoms with Crippen LogP contribution in [0.4, 0.5) is 13.2 Å². The molecule has 1 atom stereocenters. The Hall–Kier alpha value is -3.36. The molecule has 1 aliphatic heterocycles. The molecule has 0 aliphatic carbocycles. The maximum absolute atomic E-state index is 13.5. The second kappa shape index (κ2) is 7.81. The zero-order valence-electron chi connectivity index (χ0n) is 15.7. The summed E-state index contributed by atoms with van der Waals surface area (Å²) in [6, 6.07) is 12.1. The molecule has 156 valence electrons. The number of rotatable bonds is 5. The van der Waals surface area contributed by atoms with Crippen molar-refractivity contribution < 1.29 is 31.9 Å². The second-order valence-corrected chi connectivity index (χ2v) is 6.96. The molecule has 0 radical (unpaired) electrons. The van der Waals surface area contributed by atoms with Crippen LogP contribution in [0, 0.1) is 0 Å². The van der Waals surface area contributed by atoms with Gasteiger partial charge in [0.1, 0.15) is 5.52 Å². The van der Waals surface area contributed by atoms with Gasteiger partial charge in [0.25, 0.3) is 6.10 Å². The first kappa shape index (κ1) is 19.9. The minimum atomic E-state index is -4.90. The molecule has 30 heavy (non-hydrogen) atoms. The smallest absolute Gasteiger partial charge is 0.434 e. The number of carbonyl (C=O) groups is 2. The van der Waals surface area contributed by atoms with E-state index in [1.165, 1.54) is 24.3 Å². The SMILES string of the molecule is O=C(O[C@H](c1nc2ccccc2o1)C(F)(F)F)c1ccc(CN2CCCC2=O)cc1. The van der Waals surface area contributed by atoms with Gasteiger partial charge in [0, 0.05) is 19.5 Å². The summed E-state index contributed by atoms with van der Waals surface area (Å²) in [7, 11) is 0. The fraction of sp³-hybridized carbons (Fsp3) is 0.286. The monoisotopic (exact) mass is 418 g/mol. The number of ether oxygens (including phenoxy) is 1. The van der Waals surface area contributed by atoms with Crippen molar-refractivity contribution in [2.45, 2.75) is 31.7 Å². The molecule has 0 spiro atoms. The summed E-state index contributed by atoms with van der Waals surface area (Å²) in [6.07, 6.45) is -6.21. The largest absolute Gasteiger partial charge is 0.439 e. The maximum Gasteiger partial charge on any atom is 0.434 e. The van der Waals surface area contributed by atoms with E-state index in [9.17, 15) is 22.8 Å². The van der Waals surface area contributed by atoms with Gasteiger partial charge in [-0.3, -0.25) is 4.79 Å². The molecule has 2 aromatic carbocycles. The lowest BCUT2D eigenvalue weighted by atomic mass is 10.1. The fourth-order valence-electron chi connectivity index (χ4n) is 3.27. The molecule has 4 rings (SSSR count). The lowest BCUT2D eigenvalue weighted by molar-refractivity contribution is -0.213. The molecule has 0 saturated carbocycles. The number of benzene rings is 2. The summed E-state index contributed by atoms with van der Waals surface area (Å²) in [4.78, 5) is 29.5. The van der Waals surface area contributed by atoms with Gasteiger partial charge in [-0.25, -0.2) is 9.78 Å². The molecule has 1 saturated heterocycles. The number of amides is 1. The van der Waals surface area contributed by atoms with E-state index in [2.05, 4.69) is 4.98 Å². The average molecular weight is 418 g/mol. The van der Waals surface area contributed by atoms with Crippen LogP contribution in [0.1, 0.15) is 40.8 Å². The first-order chi connectivity index (χ1) is 14.3. The minimum Gasteiger partial charge on any atom is -0.439 e. The number of para-hydroxylation sites is 2. The molecule has 6 nitrogen and oxygen atoms in total. The summed E-state index contributed by atoms with van der Waals surface area (Å²) in [5.41, 5.74) is 1.13. The molecule has 1 aromatic heterocycles. The number of fused-ring (bicyclic) bond motifs is 1. The highest BCUT2D eigenvalue weighted by Gasteiger charge is 2.47. The zero-order chi connectivity index (χ0) is 21.3. The Kier molecular flexibility index (Phi) is 5.19. The van der Waals surface area contributed by atoms with Crippen molar-refractivity contribution in [1.82, 2.24) is 9.88 Å². The molecule has 0 N–H and O–H groups in total. The van der Waals surface area contributed by atoms with Crippen molar-refractivity contribution in [3.8, 4) is 0 Å². The van der Waals surface area contributed by atoms with Gasteiger partial charge in [0.2, 0.25) is 11.8 Å². The number of carbonyl (C=O) groups excluding carboxylic acids is 2. The zero-order valence-corrected chi connectivity index (χ0v) is 15.7. The van der Waals surface area contributed by atoms with Crippen LogP contribution in [0.25, 0.3) is 11.1 Å². The van der Waals surface area contributed by atoms with Crippen molar-refractivity contribution in [2.75, 3.05) is 6.54 Å². The normalized spacial score (nSPS) is 15.6. The first-order valence-electron chi connectivity index (χ1n) is 9.31. The van der Waals surface area contributed by atoms with E-state index >= 15 is 0 Å². The van der Waals surface area contributed by atoms with Crippen LogP contribution in [0.15, 0.2) is 52.9 Å². The highest BCUT2D eigenvalue weighted by Crippen LogP contribution is 2.37. The van der Waals surface area contributed by atoms with Gasteiger partial charge >= 0.3 is 12.1 Å². The Morgan fingerprint density at radius 3 is 2.53 bits per heavy atom. The number of aromatic nitrogens is 1. The third-order valence-electron chi connectivity index (χ3n) is 4.79. The van der Waals surface area contributed by atoms with E-state index in [1.807, 2.05) is 0 Å². The van der Waals surface area contributed by atoms with Crippen LogP contribution in [-0.2, 0) is 16.1 Å². The first-order valence-corrected chi connectivity index (χ1v) is 9.31. The number of esters is 1. The van der Waals surface area contributed by atoms with Gasteiger partial charge in [0.05, 0.1) is 5.56 Å². The van der Waals surface area contributed by atoms with Crippen LogP contribution in [0.5, 0.6) is 0 Å². The van der Waals surface area contributed by atoms with Gasteiger partial charge in [-0.05, 0) is 36.2 Å². The van der Waals surface area contributed by atoms with E-state index in [4.69, 9.17) is 9.15 Å². The predicted molar refractivity (Wildman–Crippen MR) is 99.3 cm³/mol. The van der Waals surface area contributed by atoms with E-state index in [0.29, 0.717) is 19.5 Å². The third kappa shape index (κ3) is 4.14. The minimum absolute atomic E-state index is 0.0446. The van der Waals surface area contributed by atoms with Gasteiger partial charge < -0.3 is 14.1 Å². The molecule has 1 aliphatic rings. The van der Waals surface area contributed by atoms with Crippen molar-refractivity contribution in [2.24, 2.45) is 0 Å². The summed E-state index contributed by atoms with van der Waals surface area (Å²) in [6.45, 7) is 1.06. The average Bonchev–Trinajstić information content (AvgIpc) is 3.31. The topological polar surface area (TPSA) is 72.6 Å². The van der Waals surface area contributed by atoms with Crippen LogP contribution < -0.4 is 0 Å². The summed E-state index contributed by atoms with van der Waals surface area (Å²) in [5, 5.41) is 0. The number of likely N-dealkylation sites (tertiary alicyclic amines) is 1. The molecule has 9 heteroatoms. The molecule has 0 bridgehead atoms. The van der Waals surface area contributed by atoms with Crippen LogP contribution in [-0.4, -0.2) is 34.5 Å². The Morgan fingerprint density at radius 1 is 1.17 bits per heavy atom. The number of oxazole rings is 1. The Morgan fingerprint density at radius 2 is 1.90 bits per heavy atom. The third-order valence-corrected chi connectivity index (χ3v) is 4.79. The Balaban J connectivity index is 1.50.